The van der Waals surface area contributed by atoms with E-state index < -0.39 is 5.82 Å². The predicted octanol–water partition coefficient (Wildman–Crippen LogP) is 6.48. The maximum atomic E-state index is 14.1. The van der Waals surface area contributed by atoms with Gasteiger partial charge in [-0.25, -0.2) is 14.5 Å². The first-order valence-corrected chi connectivity index (χ1v) is 12.7. The van der Waals surface area contributed by atoms with Crippen LogP contribution in [-0.4, -0.2) is 39.3 Å². The van der Waals surface area contributed by atoms with E-state index in [4.69, 9.17) is 9.72 Å². The summed E-state index contributed by atoms with van der Waals surface area (Å²) in [5, 5.41) is 17.9. The van der Waals surface area contributed by atoms with Gasteiger partial charge in [0, 0.05) is 47.7 Å². The largest absolute Gasteiger partial charge is 0.494 e. The van der Waals surface area contributed by atoms with Gasteiger partial charge in [0.15, 0.2) is 17.4 Å². The zero-order valence-corrected chi connectivity index (χ0v) is 22.1. The van der Waals surface area contributed by atoms with E-state index in [0.29, 0.717) is 24.0 Å². The third-order valence-electron chi connectivity index (χ3n) is 6.18. The third kappa shape index (κ3) is 6.20. The van der Waals surface area contributed by atoms with Crippen molar-refractivity contribution < 1.29 is 9.13 Å². The van der Waals surface area contributed by atoms with Gasteiger partial charge in [0.1, 0.15) is 5.82 Å². The summed E-state index contributed by atoms with van der Waals surface area (Å²) in [4.78, 5) is 7.41. The normalized spacial score (nSPS) is 11.0. The van der Waals surface area contributed by atoms with Gasteiger partial charge in [0.25, 0.3) is 0 Å². The number of pyridine rings is 1. The minimum atomic E-state index is -0.417. The first-order valence-electron chi connectivity index (χ1n) is 12.7. The van der Waals surface area contributed by atoms with Crippen molar-refractivity contribution in [2.75, 3.05) is 23.9 Å². The molecule has 0 saturated carbocycles. The van der Waals surface area contributed by atoms with Crippen molar-refractivity contribution in [3.05, 3.63) is 96.3 Å². The number of aromatic nitrogens is 5. The predicted molar refractivity (Wildman–Crippen MR) is 151 cm³/mol. The van der Waals surface area contributed by atoms with E-state index in [2.05, 4.69) is 56.8 Å². The minimum Gasteiger partial charge on any atom is -0.494 e. The van der Waals surface area contributed by atoms with Crippen molar-refractivity contribution >= 4 is 17.2 Å². The number of anilines is 3. The third-order valence-corrected chi connectivity index (χ3v) is 6.18. The van der Waals surface area contributed by atoms with Crippen LogP contribution >= 0.6 is 0 Å². The lowest BCUT2D eigenvalue weighted by Crippen LogP contribution is -2.28. The Morgan fingerprint density at radius 2 is 1.69 bits per heavy atom. The molecule has 0 saturated heterocycles. The highest BCUT2D eigenvalue weighted by Gasteiger charge is 2.17. The molecule has 2 aromatic heterocycles. The minimum absolute atomic E-state index is 0.170. The maximum absolute atomic E-state index is 14.1. The van der Waals surface area contributed by atoms with Gasteiger partial charge < -0.3 is 15.0 Å². The molecular weight excluding hydrogens is 493 g/mol. The quantitative estimate of drug-likeness (QED) is 0.216. The van der Waals surface area contributed by atoms with Crippen molar-refractivity contribution in [1.82, 2.24) is 25.6 Å². The molecule has 0 atom stereocenters. The number of aromatic amines is 1. The molecule has 0 unspecified atom stereocenters. The molecule has 0 aliphatic rings. The molecule has 0 aliphatic heterocycles. The Labute approximate surface area is 226 Å². The zero-order valence-electron chi connectivity index (χ0n) is 22.1. The number of hydrogen-bond donors (Lipinski definition) is 2. The SMILES string of the molecule is COc1cc(Nc2cc(-c3ccccc3-c3nnn[nH]3)nc(N(Cc3ccccc3)CC(C)C)c2)ccc1F. The van der Waals surface area contributed by atoms with E-state index >= 15 is 0 Å². The lowest BCUT2D eigenvalue weighted by molar-refractivity contribution is 0.387. The van der Waals surface area contributed by atoms with E-state index in [1.165, 1.54) is 18.7 Å². The number of halogens is 1. The van der Waals surface area contributed by atoms with Crippen LogP contribution in [0.3, 0.4) is 0 Å². The Morgan fingerprint density at radius 1 is 0.923 bits per heavy atom. The van der Waals surface area contributed by atoms with Gasteiger partial charge in [0.05, 0.1) is 12.8 Å². The Balaban J connectivity index is 1.62. The molecule has 8 nitrogen and oxygen atoms in total. The summed E-state index contributed by atoms with van der Waals surface area (Å²) in [7, 11) is 1.45. The summed E-state index contributed by atoms with van der Waals surface area (Å²) >= 11 is 0. The van der Waals surface area contributed by atoms with Crippen LogP contribution in [0.5, 0.6) is 5.75 Å². The van der Waals surface area contributed by atoms with Gasteiger partial charge in [-0.05, 0) is 40.1 Å². The van der Waals surface area contributed by atoms with Crippen LogP contribution in [0.2, 0.25) is 0 Å². The van der Waals surface area contributed by atoms with E-state index in [-0.39, 0.29) is 5.75 Å². The number of nitrogens with zero attached hydrogens (tertiary/aromatic N) is 5. The van der Waals surface area contributed by atoms with Crippen LogP contribution in [0.1, 0.15) is 19.4 Å². The van der Waals surface area contributed by atoms with Crippen molar-refractivity contribution in [2.24, 2.45) is 5.92 Å². The lowest BCUT2D eigenvalue weighted by Gasteiger charge is -2.27. The first kappa shape index (κ1) is 25.8. The van der Waals surface area contributed by atoms with Crippen LogP contribution in [0.15, 0.2) is 84.9 Å². The van der Waals surface area contributed by atoms with Gasteiger partial charge in [0.2, 0.25) is 0 Å². The van der Waals surface area contributed by atoms with E-state index in [9.17, 15) is 4.39 Å². The second kappa shape index (κ2) is 11.7. The standard InChI is InChI=1S/C30H30FN7O/c1-20(2)18-38(19-21-9-5-4-6-10-21)29-17-23(32-22-13-14-26(31)28(16-22)39-3)15-27(33-29)24-11-7-8-12-25(24)30-34-36-37-35-30/h4-17,20H,18-19H2,1-3H3,(H,32,33)(H,34,35,36,37). The number of methoxy groups -OCH3 is 1. The monoisotopic (exact) mass is 523 g/mol. The molecule has 198 valence electrons. The molecule has 0 fully saturated rings. The molecular formula is C30H30FN7O. The second-order valence-electron chi connectivity index (χ2n) is 9.63. The number of benzene rings is 3. The summed E-state index contributed by atoms with van der Waals surface area (Å²) in [6, 6.07) is 26.9. The molecule has 3 aromatic carbocycles. The van der Waals surface area contributed by atoms with Crippen LogP contribution in [-0.2, 0) is 6.54 Å². The zero-order chi connectivity index (χ0) is 27.2. The fraction of sp³-hybridized carbons (Fsp3) is 0.200. The Morgan fingerprint density at radius 3 is 2.41 bits per heavy atom. The molecule has 5 aromatic rings. The van der Waals surface area contributed by atoms with Gasteiger partial charge in [-0.3, -0.25) is 0 Å². The molecule has 39 heavy (non-hydrogen) atoms. The van der Waals surface area contributed by atoms with Crippen molar-refractivity contribution in [3.8, 4) is 28.4 Å². The smallest absolute Gasteiger partial charge is 0.180 e. The average Bonchev–Trinajstić information content (AvgIpc) is 3.49. The highest BCUT2D eigenvalue weighted by atomic mass is 19.1. The second-order valence-corrected chi connectivity index (χ2v) is 9.63. The van der Waals surface area contributed by atoms with Crippen LogP contribution < -0.4 is 15.0 Å². The van der Waals surface area contributed by atoms with Gasteiger partial charge in [-0.15, -0.1) is 5.10 Å². The van der Waals surface area contributed by atoms with Crippen LogP contribution in [0.4, 0.5) is 21.6 Å². The molecule has 5 rings (SSSR count). The highest BCUT2D eigenvalue weighted by molar-refractivity contribution is 5.81. The molecule has 0 aliphatic carbocycles. The topological polar surface area (TPSA) is 91.8 Å². The molecule has 2 heterocycles. The highest BCUT2D eigenvalue weighted by Crippen LogP contribution is 2.34. The number of tetrazole rings is 1. The molecule has 0 bridgehead atoms. The van der Waals surface area contributed by atoms with E-state index in [1.54, 1.807) is 12.1 Å². The first-order chi connectivity index (χ1) is 19.0. The van der Waals surface area contributed by atoms with Crippen LogP contribution in [0, 0.1) is 11.7 Å². The maximum Gasteiger partial charge on any atom is 0.180 e. The van der Waals surface area contributed by atoms with Crippen LogP contribution in [0.25, 0.3) is 22.6 Å². The van der Waals surface area contributed by atoms with Crippen molar-refractivity contribution in [1.29, 1.82) is 0 Å². The summed E-state index contributed by atoms with van der Waals surface area (Å²) in [5.41, 5.74) is 5.15. The average molecular weight is 524 g/mol. The molecule has 9 heteroatoms. The van der Waals surface area contributed by atoms with Gasteiger partial charge >= 0.3 is 0 Å². The Kier molecular flexibility index (Phi) is 7.77. The summed E-state index contributed by atoms with van der Waals surface area (Å²) in [6.07, 6.45) is 0. The molecule has 0 spiro atoms. The van der Waals surface area contributed by atoms with Gasteiger partial charge in [-0.1, -0.05) is 68.4 Å². The van der Waals surface area contributed by atoms with E-state index in [1.807, 2.05) is 54.6 Å². The summed E-state index contributed by atoms with van der Waals surface area (Å²) in [6.45, 7) is 5.89. The van der Waals surface area contributed by atoms with Crippen molar-refractivity contribution in [3.63, 3.8) is 0 Å². The Bertz CT molecular complexity index is 1520. The number of rotatable bonds is 10. The fourth-order valence-electron chi connectivity index (χ4n) is 4.46. The summed E-state index contributed by atoms with van der Waals surface area (Å²) in [5.74, 6) is 1.53. The Hall–Kier alpha value is -4.79. The fourth-order valence-corrected chi connectivity index (χ4v) is 4.46. The lowest BCUT2D eigenvalue weighted by atomic mass is 10.0. The number of hydrogen-bond acceptors (Lipinski definition) is 7. The number of H-pyrrole nitrogens is 1. The summed E-state index contributed by atoms with van der Waals surface area (Å²) < 4.78 is 19.3. The van der Waals surface area contributed by atoms with Gasteiger partial charge in [-0.2, -0.15) is 0 Å². The molecule has 2 N–H and O–H groups in total. The number of nitrogens with one attached hydrogen (secondary N) is 2. The number of ether oxygens (including phenoxy) is 1. The van der Waals surface area contributed by atoms with Crippen molar-refractivity contribution in [2.45, 2.75) is 20.4 Å². The molecule has 0 amide bonds. The molecule has 0 radical (unpaired) electrons. The van der Waals surface area contributed by atoms with E-state index in [0.717, 1.165) is 34.9 Å².